The van der Waals surface area contributed by atoms with Crippen molar-refractivity contribution in [2.24, 2.45) is 0 Å². The van der Waals surface area contributed by atoms with Crippen LogP contribution >= 0.6 is 0 Å². The predicted molar refractivity (Wildman–Crippen MR) is 86.2 cm³/mol. The van der Waals surface area contributed by atoms with Crippen molar-refractivity contribution in [1.82, 2.24) is 0 Å². The monoisotopic (exact) mass is 298 g/mol. The van der Waals surface area contributed by atoms with Gasteiger partial charge in [-0.1, -0.05) is 19.1 Å². The summed E-state index contributed by atoms with van der Waals surface area (Å²) in [7, 11) is 0. The van der Waals surface area contributed by atoms with Gasteiger partial charge in [0.2, 0.25) is 0 Å². The molecule has 0 aromatic heterocycles. The highest BCUT2D eigenvalue weighted by molar-refractivity contribution is 5.92. The molecule has 0 unspecified atom stereocenters. The first-order chi connectivity index (χ1) is 10.6. The number of hydrogen-bond acceptors (Lipinski definition) is 2. The molecule has 3 heteroatoms. The summed E-state index contributed by atoms with van der Waals surface area (Å²) in [5.74, 6) is -0.620. The molecule has 0 aliphatic heterocycles. The minimum Gasteiger partial charge on any atom is -0.508 e. The number of phenols is 2. The Balaban J connectivity index is 2.18. The third kappa shape index (κ3) is 2.59. The van der Waals surface area contributed by atoms with E-state index in [1.807, 2.05) is 12.1 Å². The molecule has 3 rings (SSSR count). The van der Waals surface area contributed by atoms with Gasteiger partial charge in [-0.2, -0.15) is 0 Å². The maximum absolute atomic E-state index is 13.7. The summed E-state index contributed by atoms with van der Waals surface area (Å²) in [6.07, 6.45) is 3.56. The lowest BCUT2D eigenvalue weighted by atomic mass is 9.91. The minimum atomic E-state index is -0.587. The van der Waals surface area contributed by atoms with Crippen molar-refractivity contribution < 1.29 is 14.6 Å². The number of fused-ring (bicyclic) bond motifs is 1. The first-order valence-electron chi connectivity index (χ1n) is 7.63. The summed E-state index contributed by atoms with van der Waals surface area (Å²) in [5.41, 5.74) is 5.43. The van der Waals surface area contributed by atoms with Crippen LogP contribution in [0.15, 0.2) is 36.4 Å². The molecule has 2 N–H and O–H groups in total. The summed E-state index contributed by atoms with van der Waals surface area (Å²) < 4.78 is 13.7. The number of hydrogen-bond donors (Lipinski definition) is 2. The fourth-order valence-corrected chi connectivity index (χ4v) is 3.27. The van der Waals surface area contributed by atoms with Crippen molar-refractivity contribution in [3.8, 4) is 11.5 Å². The Morgan fingerprint density at radius 3 is 2.59 bits per heavy atom. The van der Waals surface area contributed by atoms with Gasteiger partial charge >= 0.3 is 0 Å². The molecule has 114 valence electrons. The van der Waals surface area contributed by atoms with Crippen LogP contribution in [-0.2, 0) is 6.42 Å². The van der Waals surface area contributed by atoms with Crippen LogP contribution in [0.2, 0.25) is 0 Å². The quantitative estimate of drug-likeness (QED) is 0.828. The third-order valence-electron chi connectivity index (χ3n) is 4.30. The molecule has 0 heterocycles. The highest BCUT2D eigenvalue weighted by atomic mass is 19.1. The van der Waals surface area contributed by atoms with Crippen LogP contribution in [0.4, 0.5) is 4.39 Å². The number of allylic oxidation sites excluding steroid dienone is 2. The molecule has 0 saturated carbocycles. The summed E-state index contributed by atoms with van der Waals surface area (Å²) in [6.45, 7) is 2.09. The number of aryl methyl sites for hydroxylation is 1. The molecule has 1 aliphatic carbocycles. The van der Waals surface area contributed by atoms with E-state index in [0.29, 0.717) is 0 Å². The standard InChI is InChI=1S/C19H19FO2/c1-2-15-16(13-6-9-19(22)18(20)11-13)5-3-4-12-10-14(21)7-8-17(12)15/h6-11,21-22H,2-5H2,1H3. The second-order valence-corrected chi connectivity index (χ2v) is 5.67. The molecule has 0 radical (unpaired) electrons. The molecule has 0 amide bonds. The van der Waals surface area contributed by atoms with E-state index in [-0.39, 0.29) is 11.5 Å². The Kier molecular flexibility index (Phi) is 3.88. The fraction of sp³-hybridized carbons (Fsp3) is 0.263. The molecule has 0 bridgehead atoms. The highest BCUT2D eigenvalue weighted by Gasteiger charge is 2.18. The van der Waals surface area contributed by atoms with Crippen LogP contribution < -0.4 is 0 Å². The molecule has 22 heavy (non-hydrogen) atoms. The van der Waals surface area contributed by atoms with Gasteiger partial charge in [0, 0.05) is 0 Å². The molecule has 0 saturated heterocycles. The van der Waals surface area contributed by atoms with Gasteiger partial charge < -0.3 is 10.2 Å². The maximum Gasteiger partial charge on any atom is 0.165 e. The van der Waals surface area contributed by atoms with Gasteiger partial charge in [0.1, 0.15) is 5.75 Å². The lowest BCUT2D eigenvalue weighted by molar-refractivity contribution is 0.432. The number of phenolic OH excluding ortho intramolecular Hbond substituents is 2. The smallest absolute Gasteiger partial charge is 0.165 e. The van der Waals surface area contributed by atoms with Crippen molar-refractivity contribution in [2.45, 2.75) is 32.6 Å². The van der Waals surface area contributed by atoms with Crippen LogP contribution in [0.1, 0.15) is 42.9 Å². The van der Waals surface area contributed by atoms with Crippen LogP contribution in [0.3, 0.4) is 0 Å². The zero-order chi connectivity index (χ0) is 15.7. The number of halogens is 1. The Morgan fingerprint density at radius 2 is 1.86 bits per heavy atom. The van der Waals surface area contributed by atoms with Gasteiger partial charge in [-0.3, -0.25) is 0 Å². The van der Waals surface area contributed by atoms with E-state index in [1.165, 1.54) is 17.7 Å². The van der Waals surface area contributed by atoms with Crippen LogP contribution in [0.25, 0.3) is 11.1 Å². The van der Waals surface area contributed by atoms with Crippen LogP contribution in [-0.4, -0.2) is 10.2 Å². The molecule has 0 fully saturated rings. The summed E-state index contributed by atoms with van der Waals surface area (Å²) >= 11 is 0. The van der Waals surface area contributed by atoms with Crippen molar-refractivity contribution in [2.75, 3.05) is 0 Å². The Labute approximate surface area is 129 Å². The van der Waals surface area contributed by atoms with E-state index >= 15 is 0 Å². The number of benzene rings is 2. The van der Waals surface area contributed by atoms with Crippen LogP contribution in [0, 0.1) is 5.82 Å². The van der Waals surface area contributed by atoms with Gasteiger partial charge in [0.25, 0.3) is 0 Å². The molecule has 2 nitrogen and oxygen atoms in total. The maximum atomic E-state index is 13.7. The number of aromatic hydroxyl groups is 2. The topological polar surface area (TPSA) is 40.5 Å². The van der Waals surface area contributed by atoms with Crippen molar-refractivity contribution in [3.05, 3.63) is 58.9 Å². The van der Waals surface area contributed by atoms with Crippen molar-refractivity contribution in [1.29, 1.82) is 0 Å². The fourth-order valence-electron chi connectivity index (χ4n) is 3.27. The highest BCUT2D eigenvalue weighted by Crippen LogP contribution is 2.39. The van der Waals surface area contributed by atoms with E-state index in [4.69, 9.17) is 0 Å². The molecule has 0 atom stereocenters. The zero-order valence-electron chi connectivity index (χ0n) is 12.6. The third-order valence-corrected chi connectivity index (χ3v) is 4.30. The summed E-state index contributed by atoms with van der Waals surface area (Å²) in [6, 6.07) is 10.1. The van der Waals surface area contributed by atoms with Gasteiger partial charge in [-0.25, -0.2) is 4.39 Å². The van der Waals surface area contributed by atoms with Crippen molar-refractivity contribution >= 4 is 11.1 Å². The van der Waals surface area contributed by atoms with Gasteiger partial charge in [0.15, 0.2) is 11.6 Å². The normalized spacial score (nSPS) is 14.6. The first-order valence-corrected chi connectivity index (χ1v) is 7.63. The molecular formula is C19H19FO2. The van der Waals surface area contributed by atoms with Crippen molar-refractivity contribution in [3.63, 3.8) is 0 Å². The Bertz CT molecular complexity index is 747. The minimum absolute atomic E-state index is 0.285. The average molecular weight is 298 g/mol. The van der Waals surface area contributed by atoms with Gasteiger partial charge in [-0.15, -0.1) is 0 Å². The predicted octanol–water partition coefficient (Wildman–Crippen LogP) is 4.89. The van der Waals surface area contributed by atoms with E-state index in [0.717, 1.165) is 47.9 Å². The summed E-state index contributed by atoms with van der Waals surface area (Å²) in [4.78, 5) is 0. The van der Waals surface area contributed by atoms with E-state index < -0.39 is 5.82 Å². The van der Waals surface area contributed by atoms with Gasteiger partial charge in [-0.05, 0) is 77.8 Å². The first kappa shape index (κ1) is 14.6. The molecular weight excluding hydrogens is 279 g/mol. The van der Waals surface area contributed by atoms with E-state index in [2.05, 4.69) is 6.92 Å². The Hall–Kier alpha value is -2.29. The number of rotatable bonds is 2. The van der Waals surface area contributed by atoms with E-state index in [1.54, 1.807) is 12.1 Å². The largest absolute Gasteiger partial charge is 0.508 e. The van der Waals surface area contributed by atoms with Crippen LogP contribution in [0.5, 0.6) is 11.5 Å². The lowest BCUT2D eigenvalue weighted by Crippen LogP contribution is -1.93. The second-order valence-electron chi connectivity index (χ2n) is 5.67. The molecule has 0 spiro atoms. The second kappa shape index (κ2) is 5.84. The molecule has 2 aromatic rings. The SMILES string of the molecule is CCC1=C(c2ccc(O)c(F)c2)CCCc2cc(O)ccc21. The van der Waals surface area contributed by atoms with E-state index in [9.17, 15) is 14.6 Å². The zero-order valence-corrected chi connectivity index (χ0v) is 12.6. The average Bonchev–Trinajstić information content (AvgIpc) is 2.68. The molecule has 2 aromatic carbocycles. The lowest BCUT2D eigenvalue weighted by Gasteiger charge is -2.14. The van der Waals surface area contributed by atoms with Gasteiger partial charge in [0.05, 0.1) is 0 Å². The molecule has 1 aliphatic rings. The summed E-state index contributed by atoms with van der Waals surface area (Å²) in [5, 5.41) is 19.1. The Morgan fingerprint density at radius 1 is 1.05 bits per heavy atom.